The van der Waals surface area contributed by atoms with Crippen molar-refractivity contribution < 1.29 is 9.59 Å². The molecule has 2 rings (SSSR count). The van der Waals surface area contributed by atoms with E-state index in [9.17, 15) is 9.59 Å². The Morgan fingerprint density at radius 3 is 2.75 bits per heavy atom. The fourth-order valence-electron chi connectivity index (χ4n) is 1.72. The number of nitrogens with one attached hydrogen (secondary N) is 1. The Morgan fingerprint density at radius 1 is 1.40 bits per heavy atom. The minimum absolute atomic E-state index is 0.149. The number of nitrogen functional groups attached to an aromatic ring is 1. The van der Waals surface area contributed by atoms with E-state index < -0.39 is 11.8 Å². The molecule has 0 unspecified atom stereocenters. The van der Waals surface area contributed by atoms with E-state index in [4.69, 9.17) is 11.5 Å². The van der Waals surface area contributed by atoms with Crippen LogP contribution in [0.1, 0.15) is 27.8 Å². The number of amides is 2. The average Bonchev–Trinajstić information content (AvgIpc) is 2.80. The summed E-state index contributed by atoms with van der Waals surface area (Å²) in [5.41, 5.74) is 12.1. The summed E-state index contributed by atoms with van der Waals surface area (Å²) in [6.45, 7) is 2.51. The fraction of sp³-hybridized carbons (Fsp3) is 0.154. The maximum Gasteiger partial charge on any atom is 0.278 e. The second kappa shape index (κ2) is 5.43. The van der Waals surface area contributed by atoms with E-state index >= 15 is 0 Å². The van der Waals surface area contributed by atoms with Crippen LogP contribution in [-0.4, -0.2) is 21.6 Å². The molecule has 0 aliphatic carbocycles. The van der Waals surface area contributed by atoms with Crippen LogP contribution in [0, 0.1) is 0 Å². The van der Waals surface area contributed by atoms with Gasteiger partial charge in [0, 0.05) is 24.0 Å². The number of hydrogen-bond acceptors (Lipinski definition) is 4. The number of nitrogens with two attached hydrogens (primary N) is 2. The minimum atomic E-state index is -0.559. The molecule has 0 bridgehead atoms. The number of carbonyl (C=O) groups is 2. The van der Waals surface area contributed by atoms with Crippen molar-refractivity contribution in [2.45, 2.75) is 13.5 Å². The molecule has 20 heavy (non-hydrogen) atoms. The molecule has 1 aromatic carbocycles. The van der Waals surface area contributed by atoms with Crippen LogP contribution in [0.2, 0.25) is 0 Å². The summed E-state index contributed by atoms with van der Waals surface area (Å²) in [6, 6.07) is 6.34. The molecule has 0 radical (unpaired) electrons. The van der Waals surface area contributed by atoms with Crippen molar-refractivity contribution in [3.05, 3.63) is 41.7 Å². The van der Waals surface area contributed by atoms with Gasteiger partial charge in [0.05, 0.1) is 5.69 Å². The van der Waals surface area contributed by atoms with Gasteiger partial charge in [-0.2, -0.15) is 5.10 Å². The van der Waals surface area contributed by atoms with Crippen LogP contribution in [0.5, 0.6) is 0 Å². The van der Waals surface area contributed by atoms with Gasteiger partial charge in [-0.15, -0.1) is 0 Å². The van der Waals surface area contributed by atoms with Gasteiger partial charge >= 0.3 is 0 Å². The first-order chi connectivity index (χ1) is 9.51. The van der Waals surface area contributed by atoms with E-state index in [0.29, 0.717) is 23.5 Å². The summed E-state index contributed by atoms with van der Waals surface area (Å²) < 4.78 is 1.57. The lowest BCUT2D eigenvalue weighted by Crippen LogP contribution is -2.16. The van der Waals surface area contributed by atoms with Gasteiger partial charge in [0.25, 0.3) is 5.91 Å². The molecule has 2 amide bonds. The second-order valence-electron chi connectivity index (χ2n) is 4.19. The first-order valence-electron chi connectivity index (χ1n) is 6.05. The predicted octanol–water partition coefficient (Wildman–Crippen LogP) is 0.836. The van der Waals surface area contributed by atoms with Crippen LogP contribution in [0.15, 0.2) is 30.5 Å². The van der Waals surface area contributed by atoms with Crippen molar-refractivity contribution in [3.63, 3.8) is 0 Å². The highest BCUT2D eigenvalue weighted by atomic mass is 16.2. The number of aromatic nitrogens is 2. The first-order valence-corrected chi connectivity index (χ1v) is 6.05. The van der Waals surface area contributed by atoms with Crippen LogP contribution >= 0.6 is 0 Å². The summed E-state index contributed by atoms with van der Waals surface area (Å²) in [4.78, 5) is 23.1. The fourth-order valence-corrected chi connectivity index (χ4v) is 1.72. The summed E-state index contributed by atoms with van der Waals surface area (Å²) in [5.74, 6) is -0.993. The molecule has 1 aromatic heterocycles. The van der Waals surface area contributed by atoms with E-state index in [-0.39, 0.29) is 5.69 Å². The Labute approximate surface area is 115 Å². The smallest absolute Gasteiger partial charge is 0.278 e. The average molecular weight is 273 g/mol. The topological polar surface area (TPSA) is 116 Å². The molecule has 0 saturated heterocycles. The van der Waals surface area contributed by atoms with Gasteiger partial charge in [0.15, 0.2) is 5.69 Å². The number of carbonyl (C=O) groups excluding carboxylic acids is 2. The lowest BCUT2D eigenvalue weighted by Gasteiger charge is -2.05. The van der Waals surface area contributed by atoms with Crippen molar-refractivity contribution in [1.29, 1.82) is 0 Å². The lowest BCUT2D eigenvalue weighted by atomic mass is 10.2. The van der Waals surface area contributed by atoms with Crippen molar-refractivity contribution in [2.24, 2.45) is 5.73 Å². The van der Waals surface area contributed by atoms with Gasteiger partial charge in [0.2, 0.25) is 5.91 Å². The van der Waals surface area contributed by atoms with Crippen molar-refractivity contribution >= 4 is 23.2 Å². The SMILES string of the molecule is CCn1cc(N)c(C(=O)Nc2cccc(C(N)=O)c2)n1. The molecule has 7 heteroatoms. The Hall–Kier alpha value is -2.83. The Balaban J connectivity index is 2.21. The molecule has 2 aromatic rings. The van der Waals surface area contributed by atoms with Crippen LogP contribution in [0.3, 0.4) is 0 Å². The maximum absolute atomic E-state index is 12.1. The number of nitrogens with zero attached hydrogens (tertiary/aromatic N) is 2. The van der Waals surface area contributed by atoms with Gasteiger partial charge < -0.3 is 16.8 Å². The van der Waals surface area contributed by atoms with Gasteiger partial charge in [-0.25, -0.2) is 0 Å². The molecule has 0 spiro atoms. The van der Waals surface area contributed by atoms with E-state index in [1.165, 1.54) is 6.07 Å². The molecule has 0 aliphatic rings. The first kappa shape index (κ1) is 13.6. The summed E-state index contributed by atoms with van der Waals surface area (Å²) in [5, 5.41) is 6.70. The minimum Gasteiger partial charge on any atom is -0.396 e. The highest BCUT2D eigenvalue weighted by Gasteiger charge is 2.15. The molecule has 0 fully saturated rings. The molecular formula is C13H15N5O2. The lowest BCUT2D eigenvalue weighted by molar-refractivity contribution is 0.0995. The molecule has 1 heterocycles. The van der Waals surface area contributed by atoms with Gasteiger partial charge in [-0.1, -0.05) is 6.07 Å². The van der Waals surface area contributed by atoms with Crippen LogP contribution in [-0.2, 0) is 6.54 Å². The van der Waals surface area contributed by atoms with Crippen molar-refractivity contribution in [1.82, 2.24) is 9.78 Å². The number of primary amides is 1. The highest BCUT2D eigenvalue weighted by Crippen LogP contribution is 2.14. The standard InChI is InChI=1S/C13H15N5O2/c1-2-18-7-10(14)11(17-18)13(20)16-9-5-3-4-8(6-9)12(15)19/h3-7H,2,14H2,1H3,(H2,15,19)(H,16,20). The van der Waals surface area contributed by atoms with E-state index in [1.54, 1.807) is 29.1 Å². The van der Waals surface area contributed by atoms with Crippen LogP contribution in [0.25, 0.3) is 0 Å². The van der Waals surface area contributed by atoms with Crippen molar-refractivity contribution in [2.75, 3.05) is 11.1 Å². The third-order valence-electron chi connectivity index (χ3n) is 2.73. The Morgan fingerprint density at radius 2 is 2.15 bits per heavy atom. The van der Waals surface area contributed by atoms with E-state index in [0.717, 1.165) is 0 Å². The van der Waals surface area contributed by atoms with Crippen LogP contribution < -0.4 is 16.8 Å². The summed E-state index contributed by atoms with van der Waals surface area (Å²) in [6.07, 6.45) is 1.59. The molecule has 0 saturated carbocycles. The van der Waals surface area contributed by atoms with E-state index in [2.05, 4.69) is 10.4 Å². The van der Waals surface area contributed by atoms with Crippen LogP contribution in [0.4, 0.5) is 11.4 Å². The number of rotatable bonds is 4. The summed E-state index contributed by atoms with van der Waals surface area (Å²) >= 11 is 0. The Kier molecular flexibility index (Phi) is 3.69. The molecule has 0 aliphatic heterocycles. The maximum atomic E-state index is 12.1. The number of hydrogen-bond donors (Lipinski definition) is 3. The van der Waals surface area contributed by atoms with E-state index in [1.807, 2.05) is 6.92 Å². The van der Waals surface area contributed by atoms with Gasteiger partial charge in [-0.05, 0) is 25.1 Å². The molecule has 104 valence electrons. The van der Waals surface area contributed by atoms with Gasteiger partial charge in [-0.3, -0.25) is 14.3 Å². The summed E-state index contributed by atoms with van der Waals surface area (Å²) in [7, 11) is 0. The quantitative estimate of drug-likeness (QED) is 0.765. The predicted molar refractivity (Wildman–Crippen MR) is 75.2 cm³/mol. The molecule has 5 N–H and O–H groups in total. The third-order valence-corrected chi connectivity index (χ3v) is 2.73. The number of benzene rings is 1. The highest BCUT2D eigenvalue weighted by molar-refractivity contribution is 6.06. The third kappa shape index (κ3) is 2.77. The zero-order chi connectivity index (χ0) is 14.7. The molecule has 0 atom stereocenters. The number of anilines is 2. The molecular weight excluding hydrogens is 258 g/mol. The zero-order valence-corrected chi connectivity index (χ0v) is 11.0. The Bertz CT molecular complexity index is 663. The largest absolute Gasteiger partial charge is 0.396 e. The monoisotopic (exact) mass is 273 g/mol. The van der Waals surface area contributed by atoms with Gasteiger partial charge in [0.1, 0.15) is 0 Å². The molecule has 7 nitrogen and oxygen atoms in total. The zero-order valence-electron chi connectivity index (χ0n) is 11.0. The number of aryl methyl sites for hydroxylation is 1. The second-order valence-corrected chi connectivity index (χ2v) is 4.19. The normalized spacial score (nSPS) is 10.2. The van der Waals surface area contributed by atoms with Crippen molar-refractivity contribution in [3.8, 4) is 0 Å².